The largest absolute Gasteiger partial charge is 0.493 e. The summed E-state index contributed by atoms with van der Waals surface area (Å²) >= 11 is 0. The minimum absolute atomic E-state index is 0.0511. The molecule has 1 aliphatic carbocycles. The Bertz CT molecular complexity index is 474. The fraction of sp³-hybridized carbons (Fsp3) is 0.588. The summed E-state index contributed by atoms with van der Waals surface area (Å²) in [5.41, 5.74) is 6.54. The first-order valence-electron chi connectivity index (χ1n) is 7.84. The van der Waals surface area contributed by atoms with Gasteiger partial charge < -0.3 is 15.8 Å². The highest BCUT2D eigenvalue weighted by molar-refractivity contribution is 5.93. The standard InChI is InChI=1S/C17H26N2O2/c1-12(2)11-21-15-7-4-6-14(9-15)19-17(20)16-8-3-5-13(16)10-18/h4,6-7,9,12-13,16H,3,5,8,10-11,18H2,1-2H3,(H,19,20)/t13-,16-/m1/s1. The van der Waals surface area contributed by atoms with Gasteiger partial charge in [0.15, 0.2) is 0 Å². The number of ether oxygens (including phenoxy) is 1. The second kappa shape index (κ2) is 7.46. The lowest BCUT2D eigenvalue weighted by Gasteiger charge is -2.17. The molecule has 0 heterocycles. The van der Waals surface area contributed by atoms with Gasteiger partial charge in [-0.15, -0.1) is 0 Å². The molecule has 1 saturated carbocycles. The zero-order chi connectivity index (χ0) is 15.2. The van der Waals surface area contributed by atoms with E-state index in [1.807, 2.05) is 24.3 Å². The molecule has 1 aliphatic rings. The van der Waals surface area contributed by atoms with Crippen LogP contribution < -0.4 is 15.8 Å². The Kier molecular flexibility index (Phi) is 5.62. The second-order valence-electron chi connectivity index (χ2n) is 6.26. The summed E-state index contributed by atoms with van der Waals surface area (Å²) < 4.78 is 5.69. The Balaban J connectivity index is 1.95. The van der Waals surface area contributed by atoms with Crippen LogP contribution in [0.2, 0.25) is 0 Å². The predicted octanol–water partition coefficient (Wildman–Crippen LogP) is 3.03. The SMILES string of the molecule is CC(C)COc1cccc(NC(=O)[C@@H]2CCC[C@@H]2CN)c1. The summed E-state index contributed by atoms with van der Waals surface area (Å²) in [5.74, 6) is 1.74. The van der Waals surface area contributed by atoms with E-state index in [0.29, 0.717) is 25.0 Å². The van der Waals surface area contributed by atoms with Crippen molar-refractivity contribution >= 4 is 11.6 Å². The van der Waals surface area contributed by atoms with Gasteiger partial charge in [-0.1, -0.05) is 26.3 Å². The van der Waals surface area contributed by atoms with Gasteiger partial charge in [-0.2, -0.15) is 0 Å². The highest BCUT2D eigenvalue weighted by Crippen LogP contribution is 2.32. The average molecular weight is 290 g/mol. The smallest absolute Gasteiger partial charge is 0.227 e. The minimum Gasteiger partial charge on any atom is -0.493 e. The summed E-state index contributed by atoms with van der Waals surface area (Å²) in [5, 5.41) is 3.00. The molecule has 1 amide bonds. The quantitative estimate of drug-likeness (QED) is 0.846. The van der Waals surface area contributed by atoms with Gasteiger partial charge in [0.25, 0.3) is 0 Å². The second-order valence-corrected chi connectivity index (χ2v) is 6.26. The van der Waals surface area contributed by atoms with Crippen LogP contribution in [-0.4, -0.2) is 19.1 Å². The van der Waals surface area contributed by atoms with Crippen molar-refractivity contribution in [2.24, 2.45) is 23.5 Å². The number of anilines is 1. The normalized spacial score (nSPS) is 21.5. The number of amides is 1. The monoisotopic (exact) mass is 290 g/mol. The van der Waals surface area contributed by atoms with Crippen LogP contribution in [0.15, 0.2) is 24.3 Å². The first-order valence-corrected chi connectivity index (χ1v) is 7.84. The molecule has 0 bridgehead atoms. The van der Waals surface area contributed by atoms with Crippen LogP contribution in [-0.2, 0) is 4.79 Å². The lowest BCUT2D eigenvalue weighted by Crippen LogP contribution is -2.29. The lowest BCUT2D eigenvalue weighted by atomic mass is 9.95. The van der Waals surface area contributed by atoms with E-state index in [1.54, 1.807) is 0 Å². The molecule has 0 saturated heterocycles. The van der Waals surface area contributed by atoms with Crippen LogP contribution in [0.5, 0.6) is 5.75 Å². The van der Waals surface area contributed by atoms with Gasteiger partial charge in [0.1, 0.15) is 5.75 Å². The van der Waals surface area contributed by atoms with Gasteiger partial charge in [0, 0.05) is 17.7 Å². The molecule has 3 N–H and O–H groups in total. The van der Waals surface area contributed by atoms with Gasteiger partial charge in [-0.05, 0) is 43.4 Å². The van der Waals surface area contributed by atoms with Gasteiger partial charge in [0.2, 0.25) is 5.91 Å². The van der Waals surface area contributed by atoms with E-state index in [2.05, 4.69) is 19.2 Å². The maximum absolute atomic E-state index is 12.4. The van der Waals surface area contributed by atoms with Crippen LogP contribution in [0, 0.1) is 17.8 Å². The number of carbonyl (C=O) groups is 1. The number of nitrogens with one attached hydrogen (secondary N) is 1. The molecule has 1 fully saturated rings. The van der Waals surface area contributed by atoms with E-state index in [9.17, 15) is 4.79 Å². The molecule has 0 radical (unpaired) electrons. The maximum Gasteiger partial charge on any atom is 0.227 e. The third-order valence-corrected chi connectivity index (χ3v) is 3.98. The van der Waals surface area contributed by atoms with Crippen molar-refractivity contribution in [1.82, 2.24) is 0 Å². The molecule has 2 atom stereocenters. The van der Waals surface area contributed by atoms with E-state index in [0.717, 1.165) is 30.7 Å². The molecule has 0 aromatic heterocycles. The van der Waals surface area contributed by atoms with Crippen LogP contribution in [0.1, 0.15) is 33.1 Å². The van der Waals surface area contributed by atoms with Crippen LogP contribution in [0.3, 0.4) is 0 Å². The Morgan fingerprint density at radius 3 is 2.95 bits per heavy atom. The molecule has 4 heteroatoms. The van der Waals surface area contributed by atoms with Crippen LogP contribution in [0.4, 0.5) is 5.69 Å². The first-order chi connectivity index (χ1) is 10.1. The summed E-state index contributed by atoms with van der Waals surface area (Å²) in [6.45, 7) is 5.49. The molecule has 1 aromatic rings. The van der Waals surface area contributed by atoms with Crippen molar-refractivity contribution in [1.29, 1.82) is 0 Å². The van der Waals surface area contributed by atoms with Crippen molar-refractivity contribution in [3.63, 3.8) is 0 Å². The van der Waals surface area contributed by atoms with Crippen LogP contribution in [0.25, 0.3) is 0 Å². The molecule has 4 nitrogen and oxygen atoms in total. The molecule has 2 rings (SSSR count). The fourth-order valence-corrected chi connectivity index (χ4v) is 2.83. The van der Waals surface area contributed by atoms with Crippen molar-refractivity contribution in [3.8, 4) is 5.75 Å². The number of rotatable bonds is 6. The summed E-state index contributed by atoms with van der Waals surface area (Å²) in [7, 11) is 0. The lowest BCUT2D eigenvalue weighted by molar-refractivity contribution is -0.120. The van der Waals surface area contributed by atoms with Crippen molar-refractivity contribution < 1.29 is 9.53 Å². The Morgan fingerprint density at radius 2 is 2.24 bits per heavy atom. The number of carbonyl (C=O) groups excluding carboxylic acids is 1. The zero-order valence-electron chi connectivity index (χ0n) is 13.0. The zero-order valence-corrected chi connectivity index (χ0v) is 13.0. The van der Waals surface area contributed by atoms with Crippen molar-refractivity contribution in [3.05, 3.63) is 24.3 Å². The molecule has 0 spiro atoms. The van der Waals surface area contributed by atoms with E-state index in [-0.39, 0.29) is 11.8 Å². The Morgan fingerprint density at radius 1 is 1.43 bits per heavy atom. The number of nitrogens with two attached hydrogens (primary N) is 1. The van der Waals surface area contributed by atoms with Gasteiger partial charge in [-0.25, -0.2) is 0 Å². The summed E-state index contributed by atoms with van der Waals surface area (Å²) in [4.78, 5) is 12.4. The fourth-order valence-electron chi connectivity index (χ4n) is 2.83. The van der Waals surface area contributed by atoms with Crippen LogP contribution >= 0.6 is 0 Å². The average Bonchev–Trinajstić information content (AvgIpc) is 2.94. The molecular formula is C17H26N2O2. The van der Waals surface area contributed by atoms with E-state index >= 15 is 0 Å². The summed E-state index contributed by atoms with van der Waals surface area (Å²) in [6.07, 6.45) is 3.10. The molecule has 21 heavy (non-hydrogen) atoms. The minimum atomic E-state index is 0.0511. The maximum atomic E-state index is 12.4. The third kappa shape index (κ3) is 4.46. The predicted molar refractivity (Wildman–Crippen MR) is 85.3 cm³/mol. The van der Waals surface area contributed by atoms with Gasteiger partial charge >= 0.3 is 0 Å². The van der Waals surface area contributed by atoms with E-state index < -0.39 is 0 Å². The molecular weight excluding hydrogens is 264 g/mol. The summed E-state index contributed by atoms with van der Waals surface area (Å²) in [6, 6.07) is 7.59. The van der Waals surface area contributed by atoms with E-state index in [4.69, 9.17) is 10.5 Å². The number of hydrogen-bond acceptors (Lipinski definition) is 3. The Labute approximate surface area is 127 Å². The van der Waals surface area contributed by atoms with Crippen molar-refractivity contribution in [2.75, 3.05) is 18.5 Å². The van der Waals surface area contributed by atoms with Gasteiger partial charge in [0.05, 0.1) is 6.61 Å². The Hall–Kier alpha value is -1.55. The van der Waals surface area contributed by atoms with Crippen molar-refractivity contribution in [2.45, 2.75) is 33.1 Å². The topological polar surface area (TPSA) is 64.3 Å². The van der Waals surface area contributed by atoms with Gasteiger partial charge in [-0.3, -0.25) is 4.79 Å². The molecule has 0 aliphatic heterocycles. The third-order valence-electron chi connectivity index (χ3n) is 3.98. The number of hydrogen-bond donors (Lipinski definition) is 2. The highest BCUT2D eigenvalue weighted by Gasteiger charge is 2.31. The molecule has 0 unspecified atom stereocenters. The van der Waals surface area contributed by atoms with E-state index in [1.165, 1.54) is 0 Å². The highest BCUT2D eigenvalue weighted by atomic mass is 16.5. The first kappa shape index (κ1) is 15.8. The number of benzene rings is 1. The molecule has 116 valence electrons. The molecule has 1 aromatic carbocycles.